The summed E-state index contributed by atoms with van der Waals surface area (Å²) < 4.78 is 18.7. The van der Waals surface area contributed by atoms with E-state index in [1.165, 1.54) is 18.3 Å². The summed E-state index contributed by atoms with van der Waals surface area (Å²) >= 11 is 0. The second-order valence-corrected chi connectivity index (χ2v) is 5.88. The van der Waals surface area contributed by atoms with Gasteiger partial charge in [-0.2, -0.15) is 0 Å². The van der Waals surface area contributed by atoms with Gasteiger partial charge in [0.25, 0.3) is 5.91 Å². The summed E-state index contributed by atoms with van der Waals surface area (Å²) in [6.07, 6.45) is 1.48. The van der Waals surface area contributed by atoms with Gasteiger partial charge in [0.2, 0.25) is 0 Å². The number of carbonyl (C=O) groups is 1. The highest BCUT2D eigenvalue weighted by molar-refractivity contribution is 5.91. The Labute approximate surface area is 162 Å². The highest BCUT2D eigenvalue weighted by Gasteiger charge is 2.04. The van der Waals surface area contributed by atoms with Crippen LogP contribution in [0.25, 0.3) is 0 Å². The van der Waals surface area contributed by atoms with Gasteiger partial charge < -0.3 is 14.9 Å². The van der Waals surface area contributed by atoms with Gasteiger partial charge in [0.15, 0.2) is 6.61 Å². The van der Waals surface area contributed by atoms with Crippen LogP contribution in [0.1, 0.15) is 11.1 Å². The second-order valence-electron chi connectivity index (χ2n) is 5.88. The normalized spacial score (nSPS) is 10.6. The van der Waals surface area contributed by atoms with Crippen molar-refractivity contribution in [2.75, 3.05) is 11.9 Å². The average molecular weight is 378 g/mol. The van der Waals surface area contributed by atoms with Crippen LogP contribution >= 0.6 is 0 Å². The Bertz CT molecular complexity index is 928. The molecule has 3 aromatic rings. The molecular formula is C22H19FN2O3. The van der Waals surface area contributed by atoms with Crippen LogP contribution in [0.5, 0.6) is 5.75 Å². The molecule has 6 heteroatoms. The van der Waals surface area contributed by atoms with E-state index < -0.39 is 0 Å². The number of nitrogens with zero attached hydrogens (tertiary/aromatic N) is 1. The zero-order valence-corrected chi connectivity index (χ0v) is 15.0. The summed E-state index contributed by atoms with van der Waals surface area (Å²) in [4.78, 5) is 16.9. The van der Waals surface area contributed by atoms with E-state index in [1.807, 2.05) is 36.4 Å². The third kappa shape index (κ3) is 5.95. The third-order valence-electron chi connectivity index (χ3n) is 3.75. The first-order valence-corrected chi connectivity index (χ1v) is 8.67. The largest absolute Gasteiger partial charge is 0.488 e. The van der Waals surface area contributed by atoms with Crippen molar-refractivity contribution in [2.45, 2.75) is 6.61 Å². The summed E-state index contributed by atoms with van der Waals surface area (Å²) in [6.45, 7) is 0.0927. The number of oxime groups is 1. The number of ether oxygens (including phenoxy) is 1. The Hall–Kier alpha value is -3.67. The molecule has 1 amide bonds. The molecule has 0 bridgehead atoms. The van der Waals surface area contributed by atoms with Crippen LogP contribution in [0.15, 0.2) is 84.0 Å². The molecule has 1 N–H and O–H groups in total. The molecule has 5 nitrogen and oxygen atoms in total. The lowest BCUT2D eigenvalue weighted by molar-refractivity contribution is -0.120. The van der Waals surface area contributed by atoms with Crippen molar-refractivity contribution in [2.24, 2.45) is 5.16 Å². The molecule has 3 aromatic carbocycles. The lowest BCUT2D eigenvalue weighted by atomic mass is 10.2. The first kappa shape index (κ1) is 19.1. The zero-order chi connectivity index (χ0) is 19.6. The Morgan fingerprint density at radius 3 is 2.46 bits per heavy atom. The molecule has 3 rings (SSSR count). The predicted molar refractivity (Wildman–Crippen MR) is 106 cm³/mol. The van der Waals surface area contributed by atoms with Gasteiger partial charge in [-0.1, -0.05) is 47.6 Å². The highest BCUT2D eigenvalue weighted by atomic mass is 19.1. The lowest BCUT2D eigenvalue weighted by Crippen LogP contribution is -2.16. The maximum atomic E-state index is 13.0. The van der Waals surface area contributed by atoms with Crippen molar-refractivity contribution in [3.05, 3.63) is 95.8 Å². The van der Waals surface area contributed by atoms with Gasteiger partial charge >= 0.3 is 0 Å². The predicted octanol–water partition coefficient (Wildman–Crippen LogP) is 4.39. The molecule has 0 aliphatic rings. The van der Waals surface area contributed by atoms with Gasteiger partial charge in [-0.25, -0.2) is 4.39 Å². The molecule has 0 saturated carbocycles. The molecule has 0 radical (unpaired) electrons. The first-order chi connectivity index (χ1) is 13.7. The standard InChI is InChI=1S/C22H19FN2O3/c23-19-12-10-17(11-13-19)15-27-21-9-5-4-6-18(21)14-24-28-16-22(26)25-20-7-2-1-3-8-20/h1-14H,15-16H2,(H,25,26)/b24-14+. The number of hydrogen-bond acceptors (Lipinski definition) is 4. The topological polar surface area (TPSA) is 59.9 Å². The number of para-hydroxylation sites is 2. The number of amides is 1. The minimum absolute atomic E-state index is 0.204. The van der Waals surface area contributed by atoms with E-state index in [2.05, 4.69) is 10.5 Å². The van der Waals surface area contributed by atoms with Gasteiger partial charge in [0.1, 0.15) is 18.2 Å². The molecule has 0 unspecified atom stereocenters. The maximum absolute atomic E-state index is 13.0. The molecule has 0 saturated heterocycles. The fourth-order valence-corrected chi connectivity index (χ4v) is 2.37. The van der Waals surface area contributed by atoms with Crippen molar-refractivity contribution in [1.29, 1.82) is 0 Å². The number of carbonyl (C=O) groups excluding carboxylic acids is 1. The minimum atomic E-state index is -0.302. The Morgan fingerprint density at radius 2 is 1.68 bits per heavy atom. The molecule has 0 heterocycles. The molecule has 0 aromatic heterocycles. The summed E-state index contributed by atoms with van der Waals surface area (Å²) in [5.41, 5.74) is 2.25. The highest BCUT2D eigenvalue weighted by Crippen LogP contribution is 2.18. The average Bonchev–Trinajstić information content (AvgIpc) is 2.72. The number of halogens is 1. The van der Waals surface area contributed by atoms with Crippen LogP contribution < -0.4 is 10.1 Å². The lowest BCUT2D eigenvalue weighted by Gasteiger charge is -2.09. The van der Waals surface area contributed by atoms with Crippen LogP contribution in [0.2, 0.25) is 0 Å². The van der Waals surface area contributed by atoms with Crippen LogP contribution in [0.4, 0.5) is 10.1 Å². The van der Waals surface area contributed by atoms with E-state index in [1.54, 1.807) is 30.3 Å². The summed E-state index contributed by atoms with van der Waals surface area (Å²) in [7, 11) is 0. The first-order valence-electron chi connectivity index (χ1n) is 8.67. The Kier molecular flexibility index (Phi) is 6.73. The Balaban J connectivity index is 1.51. The van der Waals surface area contributed by atoms with Crippen molar-refractivity contribution in [3.63, 3.8) is 0 Å². The fourth-order valence-electron chi connectivity index (χ4n) is 2.37. The molecular weight excluding hydrogens is 359 g/mol. The number of hydrogen-bond donors (Lipinski definition) is 1. The SMILES string of the molecule is O=C(CO/N=C/c1ccccc1OCc1ccc(F)cc1)Nc1ccccc1. The van der Waals surface area contributed by atoms with Crippen molar-refractivity contribution in [1.82, 2.24) is 0 Å². The van der Waals surface area contributed by atoms with E-state index >= 15 is 0 Å². The minimum Gasteiger partial charge on any atom is -0.488 e. The van der Waals surface area contributed by atoms with Crippen molar-refractivity contribution >= 4 is 17.8 Å². The van der Waals surface area contributed by atoms with Crippen molar-refractivity contribution in [3.8, 4) is 5.75 Å². The van der Waals surface area contributed by atoms with E-state index in [4.69, 9.17) is 9.57 Å². The van der Waals surface area contributed by atoms with Gasteiger partial charge in [0.05, 0.1) is 6.21 Å². The molecule has 0 spiro atoms. The number of rotatable bonds is 8. The van der Waals surface area contributed by atoms with E-state index in [-0.39, 0.29) is 18.3 Å². The molecule has 0 aliphatic carbocycles. The molecule has 0 aliphatic heterocycles. The molecule has 28 heavy (non-hydrogen) atoms. The molecule has 0 atom stereocenters. The van der Waals surface area contributed by atoms with Crippen LogP contribution in [-0.4, -0.2) is 18.7 Å². The number of anilines is 1. The smallest absolute Gasteiger partial charge is 0.265 e. The van der Waals surface area contributed by atoms with E-state index in [0.29, 0.717) is 23.6 Å². The summed E-state index contributed by atoms with van der Waals surface area (Å²) in [5, 5.41) is 6.54. The van der Waals surface area contributed by atoms with Gasteiger partial charge in [-0.05, 0) is 42.0 Å². The van der Waals surface area contributed by atoms with Crippen LogP contribution in [0.3, 0.4) is 0 Å². The van der Waals surface area contributed by atoms with Crippen LogP contribution in [0, 0.1) is 5.82 Å². The second kappa shape index (κ2) is 9.87. The quantitative estimate of drug-likeness (QED) is 0.467. The van der Waals surface area contributed by atoms with E-state index in [9.17, 15) is 9.18 Å². The van der Waals surface area contributed by atoms with Gasteiger partial charge in [-0.3, -0.25) is 4.79 Å². The summed E-state index contributed by atoms with van der Waals surface area (Å²) in [6, 6.07) is 22.5. The molecule has 0 fully saturated rings. The third-order valence-corrected chi connectivity index (χ3v) is 3.75. The summed E-state index contributed by atoms with van der Waals surface area (Å²) in [5.74, 6) is 0.0156. The Morgan fingerprint density at radius 1 is 0.964 bits per heavy atom. The zero-order valence-electron chi connectivity index (χ0n) is 15.0. The van der Waals surface area contributed by atoms with Crippen molar-refractivity contribution < 1.29 is 18.8 Å². The maximum Gasteiger partial charge on any atom is 0.265 e. The monoisotopic (exact) mass is 378 g/mol. The van der Waals surface area contributed by atoms with Crippen LogP contribution in [-0.2, 0) is 16.2 Å². The fraction of sp³-hybridized carbons (Fsp3) is 0.0909. The van der Waals surface area contributed by atoms with Gasteiger partial charge in [-0.15, -0.1) is 0 Å². The number of benzene rings is 3. The molecule has 142 valence electrons. The van der Waals surface area contributed by atoms with Gasteiger partial charge in [0, 0.05) is 11.3 Å². The van der Waals surface area contributed by atoms with E-state index in [0.717, 1.165) is 5.56 Å². The number of nitrogens with one attached hydrogen (secondary N) is 1.